The molecule has 0 saturated carbocycles. The standard InChI is InChI=1S/C15H25F2N/c1-5-6-13(18(3)4)8-10-15(2)9-7-12(16)11-14(15)17/h7,11,13H,5-6,8-10H2,1-4H3. The molecule has 0 radical (unpaired) electrons. The van der Waals surface area contributed by atoms with Crippen molar-refractivity contribution in [3.05, 3.63) is 23.8 Å². The molecule has 1 nitrogen and oxygen atoms in total. The minimum Gasteiger partial charge on any atom is -0.306 e. The highest BCUT2D eigenvalue weighted by molar-refractivity contribution is 5.25. The van der Waals surface area contributed by atoms with Gasteiger partial charge in [0.15, 0.2) is 0 Å². The van der Waals surface area contributed by atoms with Gasteiger partial charge in [-0.25, -0.2) is 8.78 Å². The smallest absolute Gasteiger partial charge is 0.121 e. The van der Waals surface area contributed by atoms with E-state index in [1.807, 2.05) is 6.92 Å². The maximum absolute atomic E-state index is 13.9. The van der Waals surface area contributed by atoms with Crippen molar-refractivity contribution in [3.63, 3.8) is 0 Å². The number of hydrogen-bond donors (Lipinski definition) is 0. The first-order valence-corrected chi connectivity index (χ1v) is 6.79. The van der Waals surface area contributed by atoms with Crippen molar-refractivity contribution in [1.29, 1.82) is 0 Å². The summed E-state index contributed by atoms with van der Waals surface area (Å²) in [7, 11) is 4.13. The van der Waals surface area contributed by atoms with E-state index < -0.39 is 11.2 Å². The molecule has 18 heavy (non-hydrogen) atoms. The minimum absolute atomic E-state index is 0.309. The van der Waals surface area contributed by atoms with Crippen molar-refractivity contribution < 1.29 is 8.78 Å². The molecule has 2 unspecified atom stereocenters. The van der Waals surface area contributed by atoms with E-state index in [4.69, 9.17) is 0 Å². The predicted molar refractivity (Wildman–Crippen MR) is 72.7 cm³/mol. The summed E-state index contributed by atoms with van der Waals surface area (Å²) in [6.45, 7) is 4.05. The van der Waals surface area contributed by atoms with Gasteiger partial charge in [0.05, 0.1) is 0 Å². The van der Waals surface area contributed by atoms with Gasteiger partial charge in [-0.05, 0) is 45.9 Å². The van der Waals surface area contributed by atoms with Crippen LogP contribution in [-0.2, 0) is 0 Å². The molecule has 1 rings (SSSR count). The lowest BCUT2D eigenvalue weighted by atomic mass is 9.77. The molecule has 2 atom stereocenters. The minimum atomic E-state index is -0.516. The second-order valence-corrected chi connectivity index (χ2v) is 5.79. The molecule has 1 aliphatic rings. The van der Waals surface area contributed by atoms with Crippen LogP contribution in [0.2, 0.25) is 0 Å². The molecule has 0 fully saturated rings. The van der Waals surface area contributed by atoms with Crippen molar-refractivity contribution in [3.8, 4) is 0 Å². The first-order valence-electron chi connectivity index (χ1n) is 6.79. The maximum atomic E-state index is 13.9. The van der Waals surface area contributed by atoms with Gasteiger partial charge in [-0.3, -0.25) is 0 Å². The number of halogens is 2. The number of rotatable bonds is 6. The Morgan fingerprint density at radius 1 is 1.33 bits per heavy atom. The van der Waals surface area contributed by atoms with Gasteiger partial charge >= 0.3 is 0 Å². The van der Waals surface area contributed by atoms with E-state index in [1.165, 1.54) is 6.08 Å². The van der Waals surface area contributed by atoms with Gasteiger partial charge in [0.25, 0.3) is 0 Å². The second-order valence-electron chi connectivity index (χ2n) is 5.79. The zero-order chi connectivity index (χ0) is 13.8. The first kappa shape index (κ1) is 15.4. The van der Waals surface area contributed by atoms with E-state index in [9.17, 15) is 8.78 Å². The Kier molecular flexibility index (Phi) is 5.51. The molecule has 0 spiro atoms. The predicted octanol–water partition coefficient (Wildman–Crippen LogP) is 4.61. The lowest BCUT2D eigenvalue weighted by Gasteiger charge is -2.32. The molecule has 104 valence electrons. The van der Waals surface area contributed by atoms with Crippen molar-refractivity contribution in [2.24, 2.45) is 5.41 Å². The SMILES string of the molecule is CCCC(CCC1(C)CC=C(F)C=C1F)N(C)C. The van der Waals surface area contributed by atoms with Crippen LogP contribution < -0.4 is 0 Å². The Bertz CT molecular complexity index is 333. The number of nitrogens with zero attached hydrogens (tertiary/aromatic N) is 1. The molecule has 1 aliphatic carbocycles. The molecular weight excluding hydrogens is 232 g/mol. The summed E-state index contributed by atoms with van der Waals surface area (Å²) in [5.74, 6) is -0.751. The van der Waals surface area contributed by atoms with Gasteiger partial charge in [-0.1, -0.05) is 20.3 Å². The monoisotopic (exact) mass is 257 g/mol. The first-order chi connectivity index (χ1) is 8.39. The Balaban J connectivity index is 2.59. The fraction of sp³-hybridized carbons (Fsp3) is 0.733. The van der Waals surface area contributed by atoms with Crippen LogP contribution in [0.15, 0.2) is 23.8 Å². The van der Waals surface area contributed by atoms with E-state index in [2.05, 4.69) is 25.9 Å². The molecule has 0 saturated heterocycles. The number of allylic oxidation sites excluding steroid dienone is 4. The molecule has 0 aromatic rings. The summed E-state index contributed by atoms with van der Waals surface area (Å²) >= 11 is 0. The summed E-state index contributed by atoms with van der Waals surface area (Å²) in [5.41, 5.74) is -0.516. The van der Waals surface area contributed by atoms with E-state index in [-0.39, 0.29) is 5.83 Å². The maximum Gasteiger partial charge on any atom is 0.121 e. The van der Waals surface area contributed by atoms with Crippen LogP contribution in [0.5, 0.6) is 0 Å². The lowest BCUT2D eigenvalue weighted by Crippen LogP contribution is -2.30. The molecule has 0 bridgehead atoms. The zero-order valence-corrected chi connectivity index (χ0v) is 12.0. The normalized spacial score (nSPS) is 25.9. The molecular formula is C15H25F2N. The van der Waals surface area contributed by atoms with Gasteiger partial charge in [-0.2, -0.15) is 0 Å². The Morgan fingerprint density at radius 3 is 2.50 bits per heavy atom. The molecule has 0 heterocycles. The average Bonchev–Trinajstić information content (AvgIpc) is 2.30. The highest BCUT2D eigenvalue weighted by Crippen LogP contribution is 2.41. The summed E-state index contributed by atoms with van der Waals surface area (Å²) in [4.78, 5) is 2.20. The van der Waals surface area contributed by atoms with E-state index in [1.54, 1.807) is 0 Å². The summed E-state index contributed by atoms with van der Waals surface area (Å²) < 4.78 is 26.8. The molecule has 0 amide bonds. The molecule has 0 aromatic carbocycles. The van der Waals surface area contributed by atoms with Crippen molar-refractivity contribution >= 4 is 0 Å². The molecule has 3 heteroatoms. The van der Waals surface area contributed by atoms with Gasteiger partial charge < -0.3 is 4.90 Å². The van der Waals surface area contributed by atoms with E-state index in [0.29, 0.717) is 12.5 Å². The second kappa shape index (κ2) is 6.46. The van der Waals surface area contributed by atoms with Crippen LogP contribution in [0.1, 0.15) is 46.0 Å². The van der Waals surface area contributed by atoms with Gasteiger partial charge in [-0.15, -0.1) is 0 Å². The quantitative estimate of drug-likeness (QED) is 0.671. The molecule has 0 N–H and O–H groups in total. The highest BCUT2D eigenvalue weighted by Gasteiger charge is 2.32. The summed E-state index contributed by atoms with van der Waals surface area (Å²) in [6.07, 6.45) is 6.97. The average molecular weight is 257 g/mol. The van der Waals surface area contributed by atoms with Crippen LogP contribution in [-0.4, -0.2) is 25.0 Å². The van der Waals surface area contributed by atoms with Crippen molar-refractivity contribution in [2.75, 3.05) is 14.1 Å². The van der Waals surface area contributed by atoms with Crippen LogP contribution >= 0.6 is 0 Å². The van der Waals surface area contributed by atoms with Crippen LogP contribution in [0, 0.1) is 5.41 Å². The van der Waals surface area contributed by atoms with Crippen LogP contribution in [0.25, 0.3) is 0 Å². The fourth-order valence-electron chi connectivity index (χ4n) is 2.48. The third kappa shape index (κ3) is 3.91. The fourth-order valence-corrected chi connectivity index (χ4v) is 2.48. The topological polar surface area (TPSA) is 3.24 Å². The highest BCUT2D eigenvalue weighted by atomic mass is 19.1. The van der Waals surface area contributed by atoms with Crippen LogP contribution in [0.3, 0.4) is 0 Å². The third-order valence-corrected chi connectivity index (χ3v) is 3.97. The van der Waals surface area contributed by atoms with E-state index in [0.717, 1.165) is 31.8 Å². The Hall–Kier alpha value is -0.700. The van der Waals surface area contributed by atoms with Gasteiger partial charge in [0, 0.05) is 17.5 Å². The zero-order valence-electron chi connectivity index (χ0n) is 12.0. The molecule has 0 aliphatic heterocycles. The van der Waals surface area contributed by atoms with Crippen molar-refractivity contribution in [2.45, 2.75) is 52.0 Å². The molecule has 0 aromatic heterocycles. The van der Waals surface area contributed by atoms with Gasteiger partial charge in [0.1, 0.15) is 11.7 Å². The van der Waals surface area contributed by atoms with Crippen molar-refractivity contribution in [1.82, 2.24) is 4.90 Å². The lowest BCUT2D eigenvalue weighted by molar-refractivity contribution is 0.209. The summed E-state index contributed by atoms with van der Waals surface area (Å²) in [5, 5.41) is 0. The Labute approximate surface area is 110 Å². The number of hydrogen-bond acceptors (Lipinski definition) is 1. The van der Waals surface area contributed by atoms with E-state index >= 15 is 0 Å². The Morgan fingerprint density at radius 2 is 2.00 bits per heavy atom. The third-order valence-electron chi connectivity index (χ3n) is 3.97. The summed E-state index contributed by atoms with van der Waals surface area (Å²) in [6, 6.07) is 0.482. The van der Waals surface area contributed by atoms with Crippen LogP contribution in [0.4, 0.5) is 8.78 Å². The van der Waals surface area contributed by atoms with Gasteiger partial charge in [0.2, 0.25) is 0 Å². The largest absolute Gasteiger partial charge is 0.306 e.